The summed E-state index contributed by atoms with van der Waals surface area (Å²) < 4.78 is 7.36. The first-order valence-electron chi connectivity index (χ1n) is 15.2. The Hall–Kier alpha value is -3.97. The highest BCUT2D eigenvalue weighted by Gasteiger charge is 2.15. The fourth-order valence-electron chi connectivity index (χ4n) is 5.77. The van der Waals surface area contributed by atoms with E-state index < -0.39 is 5.97 Å². The molecule has 220 valence electrons. The molecule has 0 unspecified atom stereocenters. The summed E-state index contributed by atoms with van der Waals surface area (Å²) in [7, 11) is 0. The molecule has 6 heteroatoms. The van der Waals surface area contributed by atoms with Gasteiger partial charge >= 0.3 is 5.97 Å². The van der Waals surface area contributed by atoms with Crippen LogP contribution in [0.25, 0.3) is 20.5 Å². The van der Waals surface area contributed by atoms with Crippen molar-refractivity contribution in [1.29, 1.82) is 0 Å². The summed E-state index contributed by atoms with van der Waals surface area (Å²) >= 11 is 1.87. The summed E-state index contributed by atoms with van der Waals surface area (Å²) in [6.45, 7) is 5.72. The second-order valence-electron chi connectivity index (χ2n) is 11.2. The first kappa shape index (κ1) is 29.1. The molecule has 1 saturated heterocycles. The van der Waals surface area contributed by atoms with Crippen molar-refractivity contribution in [3.05, 3.63) is 125 Å². The molecule has 0 atom stereocenters. The van der Waals surface area contributed by atoms with E-state index in [4.69, 9.17) is 9.84 Å². The van der Waals surface area contributed by atoms with Gasteiger partial charge in [-0.25, -0.2) is 4.79 Å². The number of fused-ring (bicyclic) bond motifs is 1. The molecule has 0 bridgehead atoms. The molecule has 5 aromatic rings. The van der Waals surface area contributed by atoms with Crippen LogP contribution in [0.1, 0.15) is 45.5 Å². The summed E-state index contributed by atoms with van der Waals surface area (Å²) in [6, 6.07) is 33.4. The van der Waals surface area contributed by atoms with Crippen molar-refractivity contribution in [2.75, 3.05) is 32.8 Å². The maximum Gasteiger partial charge on any atom is 0.335 e. The molecule has 1 aliphatic heterocycles. The van der Waals surface area contributed by atoms with Gasteiger partial charge in [-0.3, -0.25) is 4.90 Å². The zero-order chi connectivity index (χ0) is 29.4. The van der Waals surface area contributed by atoms with E-state index in [0.29, 0.717) is 5.56 Å². The molecule has 0 radical (unpaired) electrons. The lowest BCUT2D eigenvalue weighted by Gasteiger charge is -2.15. The number of carbonyl (C=O) groups is 1. The molecule has 0 amide bonds. The third-order valence-corrected chi connectivity index (χ3v) is 9.48. The van der Waals surface area contributed by atoms with Gasteiger partial charge in [0.05, 0.1) is 5.56 Å². The molecular formula is C37H38N2O3S. The Morgan fingerprint density at radius 2 is 1.53 bits per heavy atom. The Kier molecular flexibility index (Phi) is 9.48. The van der Waals surface area contributed by atoms with Crippen molar-refractivity contribution in [3.8, 4) is 16.2 Å². The number of aromatic carboxylic acids is 1. The lowest BCUT2D eigenvalue weighted by Crippen LogP contribution is -2.25. The number of likely N-dealkylation sites (tertiary alicyclic amines) is 1. The number of thiophene rings is 1. The molecule has 1 aromatic heterocycles. The van der Waals surface area contributed by atoms with Crippen molar-refractivity contribution in [2.45, 2.75) is 32.2 Å². The van der Waals surface area contributed by atoms with E-state index in [1.807, 2.05) is 23.5 Å². The van der Waals surface area contributed by atoms with Crippen molar-refractivity contribution < 1.29 is 14.6 Å². The van der Waals surface area contributed by atoms with Crippen molar-refractivity contribution >= 4 is 27.4 Å². The smallest absolute Gasteiger partial charge is 0.335 e. The summed E-state index contributed by atoms with van der Waals surface area (Å²) in [5.41, 5.74) is 6.62. The van der Waals surface area contributed by atoms with Crippen molar-refractivity contribution in [2.24, 2.45) is 0 Å². The monoisotopic (exact) mass is 590 g/mol. The molecule has 0 spiro atoms. The molecule has 0 saturated carbocycles. The molecule has 6 rings (SSSR count). The number of rotatable bonds is 13. The first-order chi connectivity index (χ1) is 21.1. The van der Waals surface area contributed by atoms with Gasteiger partial charge in [0.25, 0.3) is 0 Å². The number of hydrogen-bond acceptors (Lipinski definition) is 5. The van der Waals surface area contributed by atoms with Crippen LogP contribution in [-0.4, -0.2) is 48.8 Å². The Balaban J connectivity index is 1.08. The van der Waals surface area contributed by atoms with Gasteiger partial charge in [-0.05, 0) is 109 Å². The van der Waals surface area contributed by atoms with E-state index >= 15 is 0 Å². The van der Waals surface area contributed by atoms with Crippen LogP contribution in [0.3, 0.4) is 0 Å². The highest BCUT2D eigenvalue weighted by Crippen LogP contribution is 2.40. The molecule has 2 heterocycles. The summed E-state index contributed by atoms with van der Waals surface area (Å²) in [6.07, 6.45) is 4.43. The van der Waals surface area contributed by atoms with E-state index in [2.05, 4.69) is 83.0 Å². The third-order valence-electron chi connectivity index (χ3n) is 8.21. The average molecular weight is 591 g/mol. The molecular weight excluding hydrogens is 552 g/mol. The van der Waals surface area contributed by atoms with Crippen LogP contribution in [0.4, 0.5) is 0 Å². The molecule has 43 heavy (non-hydrogen) atoms. The van der Waals surface area contributed by atoms with Crippen LogP contribution in [-0.2, 0) is 19.4 Å². The molecule has 4 aromatic carbocycles. The normalized spacial score (nSPS) is 13.5. The van der Waals surface area contributed by atoms with Crippen LogP contribution in [0.15, 0.2) is 97.1 Å². The van der Waals surface area contributed by atoms with E-state index in [1.54, 1.807) is 12.1 Å². The van der Waals surface area contributed by atoms with Crippen LogP contribution < -0.4 is 10.1 Å². The van der Waals surface area contributed by atoms with E-state index in [9.17, 15) is 4.79 Å². The van der Waals surface area contributed by atoms with E-state index in [1.165, 1.54) is 63.1 Å². The van der Waals surface area contributed by atoms with E-state index in [0.717, 1.165) is 50.4 Å². The van der Waals surface area contributed by atoms with Crippen LogP contribution in [0.5, 0.6) is 5.75 Å². The molecule has 0 aliphatic carbocycles. The summed E-state index contributed by atoms with van der Waals surface area (Å²) in [5, 5.41) is 13.9. The Labute approximate surface area is 257 Å². The lowest BCUT2D eigenvalue weighted by molar-refractivity contribution is 0.0697. The molecule has 2 N–H and O–H groups in total. The predicted molar refractivity (Wildman–Crippen MR) is 176 cm³/mol. The fourth-order valence-corrected chi connectivity index (χ4v) is 6.99. The number of nitrogens with one attached hydrogen (secondary N) is 1. The summed E-state index contributed by atoms with van der Waals surface area (Å²) in [5.74, 6) is 0.0490. The SMILES string of the molecule is O=C(O)c1ccc(CNCCc2ccc(-c3sc4ccccc4c3Cc3ccc(OCCN4CCCC4)cc3)cc2)cc1. The standard InChI is InChI=1S/C37H38N2O3S/c40-37(41)31-15-9-29(10-16-31)26-38-20-19-27-7-13-30(14-8-27)36-34(33-5-1-2-6-35(33)43-36)25-28-11-17-32(18-12-28)42-24-23-39-21-3-4-22-39/h1-2,5-18,38H,3-4,19-26H2,(H,40,41). The van der Waals surface area contributed by atoms with Crippen LogP contribution >= 0.6 is 11.3 Å². The number of carboxylic acid groups (broad SMARTS) is 1. The maximum atomic E-state index is 11.0. The van der Waals surface area contributed by atoms with Crippen molar-refractivity contribution in [1.82, 2.24) is 10.2 Å². The van der Waals surface area contributed by atoms with Gasteiger partial charge in [0, 0.05) is 22.7 Å². The predicted octanol–water partition coefficient (Wildman–Crippen LogP) is 7.66. The minimum Gasteiger partial charge on any atom is -0.492 e. The van der Waals surface area contributed by atoms with E-state index in [-0.39, 0.29) is 0 Å². The zero-order valence-corrected chi connectivity index (χ0v) is 25.2. The largest absolute Gasteiger partial charge is 0.492 e. The lowest BCUT2D eigenvalue weighted by atomic mass is 9.98. The van der Waals surface area contributed by atoms with Gasteiger partial charge in [0.2, 0.25) is 0 Å². The molecule has 1 fully saturated rings. The second-order valence-corrected chi connectivity index (χ2v) is 12.3. The molecule has 1 aliphatic rings. The van der Waals surface area contributed by atoms with Gasteiger partial charge in [-0.2, -0.15) is 0 Å². The quantitative estimate of drug-likeness (QED) is 0.138. The number of nitrogens with zero attached hydrogens (tertiary/aromatic N) is 1. The van der Waals surface area contributed by atoms with Gasteiger partial charge in [-0.1, -0.05) is 66.7 Å². The van der Waals surface area contributed by atoms with Gasteiger partial charge in [-0.15, -0.1) is 11.3 Å². The third kappa shape index (κ3) is 7.52. The topological polar surface area (TPSA) is 61.8 Å². The Morgan fingerprint density at radius 3 is 2.28 bits per heavy atom. The fraction of sp³-hybridized carbons (Fsp3) is 0.270. The number of benzene rings is 4. The van der Waals surface area contributed by atoms with Gasteiger partial charge < -0.3 is 15.2 Å². The van der Waals surface area contributed by atoms with Crippen LogP contribution in [0, 0.1) is 0 Å². The van der Waals surface area contributed by atoms with Gasteiger partial charge in [0.1, 0.15) is 12.4 Å². The Morgan fingerprint density at radius 1 is 0.837 bits per heavy atom. The average Bonchev–Trinajstić information content (AvgIpc) is 3.69. The Bertz CT molecular complexity index is 1640. The first-order valence-corrected chi connectivity index (χ1v) is 16.0. The molecule has 5 nitrogen and oxygen atoms in total. The van der Waals surface area contributed by atoms with Gasteiger partial charge in [0.15, 0.2) is 0 Å². The minimum absolute atomic E-state index is 0.316. The maximum absolute atomic E-state index is 11.0. The highest BCUT2D eigenvalue weighted by atomic mass is 32.1. The van der Waals surface area contributed by atoms with Crippen molar-refractivity contribution in [3.63, 3.8) is 0 Å². The summed E-state index contributed by atoms with van der Waals surface area (Å²) in [4.78, 5) is 14.9. The number of carboxylic acids is 1. The number of ether oxygens (including phenoxy) is 1. The number of hydrogen-bond donors (Lipinski definition) is 2. The van der Waals surface area contributed by atoms with Crippen LogP contribution in [0.2, 0.25) is 0 Å². The second kappa shape index (κ2) is 14.0. The zero-order valence-electron chi connectivity index (χ0n) is 24.4. The highest BCUT2D eigenvalue weighted by molar-refractivity contribution is 7.22. The minimum atomic E-state index is -0.895.